The zero-order valence-electron chi connectivity index (χ0n) is 13.8. The van der Waals surface area contributed by atoms with Gasteiger partial charge in [-0.05, 0) is 31.2 Å². The molecule has 1 aromatic heterocycles. The number of aryl methyl sites for hydroxylation is 1. The van der Waals surface area contributed by atoms with Gasteiger partial charge in [-0.1, -0.05) is 30.3 Å². The van der Waals surface area contributed by atoms with E-state index in [0.717, 1.165) is 11.3 Å². The van der Waals surface area contributed by atoms with Gasteiger partial charge in [0.2, 0.25) is 6.10 Å². The maximum Gasteiger partial charge on any atom is 0.351 e. The molecule has 1 heterocycles. The number of ether oxygens (including phenoxy) is 1. The number of hydrogen-bond acceptors (Lipinski definition) is 5. The molecule has 0 aliphatic heterocycles. The molecule has 0 spiro atoms. The van der Waals surface area contributed by atoms with Crippen molar-refractivity contribution in [2.75, 3.05) is 0 Å². The minimum absolute atomic E-state index is 0.270. The van der Waals surface area contributed by atoms with Crippen molar-refractivity contribution in [3.63, 3.8) is 0 Å². The van der Waals surface area contributed by atoms with Crippen LogP contribution in [0.15, 0.2) is 54.6 Å². The number of primary amides is 1. The molecule has 0 bridgehead atoms. The molecule has 0 radical (unpaired) electrons. The molecule has 0 aliphatic carbocycles. The first kappa shape index (κ1) is 17.8. The number of thiazole rings is 1. The van der Waals surface area contributed by atoms with Crippen LogP contribution >= 0.6 is 11.3 Å². The van der Waals surface area contributed by atoms with E-state index >= 15 is 0 Å². The number of amides is 1. The Labute approximate surface area is 153 Å². The van der Waals surface area contributed by atoms with E-state index in [9.17, 15) is 14.0 Å². The van der Waals surface area contributed by atoms with E-state index < -0.39 is 18.0 Å². The third-order valence-corrected chi connectivity index (χ3v) is 4.85. The van der Waals surface area contributed by atoms with E-state index in [-0.39, 0.29) is 10.7 Å². The monoisotopic (exact) mass is 370 g/mol. The molecule has 2 aromatic carbocycles. The molecule has 7 heteroatoms. The summed E-state index contributed by atoms with van der Waals surface area (Å²) in [5, 5.41) is 0.560. The van der Waals surface area contributed by atoms with E-state index in [1.807, 2.05) is 0 Å². The van der Waals surface area contributed by atoms with Crippen LogP contribution in [0.4, 0.5) is 4.39 Å². The molecule has 3 aromatic rings. The Morgan fingerprint density at radius 3 is 2.38 bits per heavy atom. The summed E-state index contributed by atoms with van der Waals surface area (Å²) in [6.07, 6.45) is -1.18. The number of nitrogens with two attached hydrogens (primary N) is 1. The summed E-state index contributed by atoms with van der Waals surface area (Å²) < 4.78 is 18.4. The van der Waals surface area contributed by atoms with Crippen LogP contribution in [0.5, 0.6) is 0 Å². The van der Waals surface area contributed by atoms with Gasteiger partial charge >= 0.3 is 5.97 Å². The van der Waals surface area contributed by atoms with Crippen LogP contribution in [-0.2, 0) is 9.53 Å². The zero-order chi connectivity index (χ0) is 18.7. The molecule has 0 aliphatic rings. The van der Waals surface area contributed by atoms with Crippen molar-refractivity contribution in [3.05, 3.63) is 76.5 Å². The van der Waals surface area contributed by atoms with Gasteiger partial charge in [0.1, 0.15) is 15.7 Å². The Kier molecular flexibility index (Phi) is 5.09. The highest BCUT2D eigenvalue weighted by Gasteiger charge is 2.26. The molecule has 26 heavy (non-hydrogen) atoms. The van der Waals surface area contributed by atoms with Gasteiger partial charge in [0.05, 0.1) is 5.69 Å². The predicted molar refractivity (Wildman–Crippen MR) is 96.0 cm³/mol. The van der Waals surface area contributed by atoms with E-state index in [1.54, 1.807) is 49.4 Å². The molecule has 0 fully saturated rings. The maximum atomic E-state index is 13.1. The number of carbonyl (C=O) groups is 2. The van der Waals surface area contributed by atoms with Crippen molar-refractivity contribution in [1.29, 1.82) is 0 Å². The molecular weight excluding hydrogens is 355 g/mol. The normalized spacial score (nSPS) is 11.8. The predicted octanol–water partition coefficient (Wildman–Crippen LogP) is 3.64. The average molecular weight is 370 g/mol. The van der Waals surface area contributed by atoms with Crippen molar-refractivity contribution in [3.8, 4) is 10.6 Å². The largest absolute Gasteiger partial charge is 0.443 e. The van der Waals surface area contributed by atoms with Crippen LogP contribution in [0.25, 0.3) is 10.6 Å². The molecule has 3 rings (SSSR count). The third kappa shape index (κ3) is 3.78. The lowest BCUT2D eigenvalue weighted by Crippen LogP contribution is -2.26. The number of benzene rings is 2. The molecule has 1 amide bonds. The minimum atomic E-state index is -1.18. The van der Waals surface area contributed by atoms with E-state index in [0.29, 0.717) is 21.8 Å². The molecule has 1 unspecified atom stereocenters. The van der Waals surface area contributed by atoms with Crippen molar-refractivity contribution in [1.82, 2.24) is 4.98 Å². The summed E-state index contributed by atoms with van der Waals surface area (Å²) in [7, 11) is 0. The number of hydrogen-bond donors (Lipinski definition) is 1. The van der Waals surface area contributed by atoms with Gasteiger partial charge in [0, 0.05) is 11.1 Å². The van der Waals surface area contributed by atoms with Crippen LogP contribution in [0.1, 0.15) is 27.0 Å². The van der Waals surface area contributed by atoms with Gasteiger partial charge in [-0.25, -0.2) is 14.2 Å². The van der Waals surface area contributed by atoms with Crippen LogP contribution in [0.3, 0.4) is 0 Å². The fourth-order valence-corrected chi connectivity index (χ4v) is 3.34. The Balaban J connectivity index is 1.85. The highest BCUT2D eigenvalue weighted by atomic mass is 32.1. The number of aromatic nitrogens is 1. The molecule has 0 saturated carbocycles. The van der Waals surface area contributed by atoms with Gasteiger partial charge in [-0.3, -0.25) is 4.79 Å². The lowest BCUT2D eigenvalue weighted by atomic mass is 10.1. The highest BCUT2D eigenvalue weighted by Crippen LogP contribution is 2.30. The van der Waals surface area contributed by atoms with Crippen molar-refractivity contribution < 1.29 is 18.7 Å². The second kappa shape index (κ2) is 7.45. The highest BCUT2D eigenvalue weighted by molar-refractivity contribution is 7.17. The Bertz CT molecular complexity index is 939. The zero-order valence-corrected chi connectivity index (χ0v) is 14.6. The first-order chi connectivity index (χ1) is 12.5. The van der Waals surface area contributed by atoms with Gasteiger partial charge in [0.25, 0.3) is 5.91 Å². The van der Waals surface area contributed by atoms with E-state index in [1.165, 1.54) is 12.1 Å². The standard InChI is InChI=1S/C19H15FN2O3S/c1-11-16(26-18(22-11)13-7-9-14(20)10-8-13)19(24)25-15(17(21)23)12-5-3-2-4-6-12/h2-10,15H,1H3,(H2,21,23). The third-order valence-electron chi connectivity index (χ3n) is 3.66. The molecular formula is C19H15FN2O3S. The maximum absolute atomic E-state index is 13.1. The van der Waals surface area contributed by atoms with Crippen molar-refractivity contribution in [2.24, 2.45) is 5.73 Å². The Hall–Kier alpha value is -3.06. The Morgan fingerprint density at radius 2 is 1.77 bits per heavy atom. The Morgan fingerprint density at radius 1 is 1.12 bits per heavy atom. The van der Waals surface area contributed by atoms with Crippen LogP contribution in [0.2, 0.25) is 0 Å². The first-order valence-corrected chi connectivity index (χ1v) is 8.56. The number of nitrogens with zero attached hydrogens (tertiary/aromatic N) is 1. The number of esters is 1. The van der Waals surface area contributed by atoms with Gasteiger partial charge in [0.15, 0.2) is 0 Å². The number of halogens is 1. The topological polar surface area (TPSA) is 82.3 Å². The fraction of sp³-hybridized carbons (Fsp3) is 0.105. The minimum Gasteiger partial charge on any atom is -0.443 e. The van der Waals surface area contributed by atoms with Crippen LogP contribution < -0.4 is 5.73 Å². The summed E-state index contributed by atoms with van der Waals surface area (Å²) in [5.74, 6) is -1.79. The molecule has 0 saturated heterocycles. The SMILES string of the molecule is Cc1nc(-c2ccc(F)cc2)sc1C(=O)OC(C(N)=O)c1ccccc1. The molecule has 2 N–H and O–H groups in total. The van der Waals surface area contributed by atoms with Crippen LogP contribution in [0, 0.1) is 12.7 Å². The summed E-state index contributed by atoms with van der Waals surface area (Å²) in [6, 6.07) is 14.4. The number of carbonyl (C=O) groups excluding carboxylic acids is 2. The summed E-state index contributed by atoms with van der Waals surface area (Å²) in [5.41, 5.74) is 7.03. The van der Waals surface area contributed by atoms with E-state index in [4.69, 9.17) is 10.5 Å². The summed E-state index contributed by atoms with van der Waals surface area (Å²) in [4.78, 5) is 28.8. The van der Waals surface area contributed by atoms with Gasteiger partial charge in [-0.2, -0.15) is 0 Å². The lowest BCUT2D eigenvalue weighted by Gasteiger charge is -2.14. The molecule has 1 atom stereocenters. The second-order valence-electron chi connectivity index (χ2n) is 5.54. The smallest absolute Gasteiger partial charge is 0.351 e. The average Bonchev–Trinajstić information content (AvgIpc) is 3.02. The second-order valence-corrected chi connectivity index (χ2v) is 6.54. The molecule has 132 valence electrons. The summed E-state index contributed by atoms with van der Waals surface area (Å²) >= 11 is 1.12. The lowest BCUT2D eigenvalue weighted by molar-refractivity contribution is -0.127. The van der Waals surface area contributed by atoms with Crippen molar-refractivity contribution >= 4 is 23.2 Å². The fourth-order valence-electron chi connectivity index (χ4n) is 2.38. The van der Waals surface area contributed by atoms with Crippen molar-refractivity contribution in [2.45, 2.75) is 13.0 Å². The molecule has 5 nitrogen and oxygen atoms in total. The van der Waals surface area contributed by atoms with Gasteiger partial charge in [-0.15, -0.1) is 11.3 Å². The van der Waals surface area contributed by atoms with Gasteiger partial charge < -0.3 is 10.5 Å². The van der Waals surface area contributed by atoms with E-state index in [2.05, 4.69) is 4.98 Å². The quantitative estimate of drug-likeness (QED) is 0.695. The summed E-state index contributed by atoms with van der Waals surface area (Å²) in [6.45, 7) is 1.67. The number of rotatable bonds is 5. The first-order valence-electron chi connectivity index (χ1n) is 7.74. The van der Waals surface area contributed by atoms with Crippen LogP contribution in [-0.4, -0.2) is 16.9 Å².